The van der Waals surface area contributed by atoms with Crippen LogP contribution >= 0.6 is 0 Å². The summed E-state index contributed by atoms with van der Waals surface area (Å²) in [5.41, 5.74) is 1.45. The van der Waals surface area contributed by atoms with Crippen molar-refractivity contribution in [3.8, 4) is 0 Å². The first-order chi connectivity index (χ1) is 15.0. The average Bonchev–Trinajstić information content (AvgIpc) is 2.78. The van der Waals surface area contributed by atoms with E-state index in [1.807, 2.05) is 30.3 Å². The zero-order valence-electron chi connectivity index (χ0n) is 16.2. The second-order valence-corrected chi connectivity index (χ2v) is 6.78. The van der Waals surface area contributed by atoms with Gasteiger partial charge in [-0.25, -0.2) is 4.98 Å². The number of rotatable bonds is 6. The van der Waals surface area contributed by atoms with Crippen molar-refractivity contribution in [2.45, 2.75) is 12.7 Å². The van der Waals surface area contributed by atoms with Gasteiger partial charge in [-0.2, -0.15) is 13.2 Å². The van der Waals surface area contributed by atoms with Gasteiger partial charge in [0.15, 0.2) is 5.82 Å². The van der Waals surface area contributed by atoms with Gasteiger partial charge in [0, 0.05) is 30.0 Å². The standard InChI is InChI=1S/C23H17F3N4O/c24-23(25,26)18-5-1-6-19(13-18)30(15-31)21-7-3-11-28-22(21)29-14-16-8-9-20-17(12-16)4-2-10-27-20/h1-13,15H,14H2,(H,28,29). The Morgan fingerprint density at radius 2 is 1.74 bits per heavy atom. The van der Waals surface area contributed by atoms with Crippen LogP contribution in [0.3, 0.4) is 0 Å². The highest BCUT2D eigenvalue weighted by molar-refractivity contribution is 5.91. The van der Waals surface area contributed by atoms with Crippen LogP contribution < -0.4 is 10.2 Å². The molecule has 0 atom stereocenters. The lowest BCUT2D eigenvalue weighted by Crippen LogP contribution is -2.18. The molecule has 0 unspecified atom stereocenters. The van der Waals surface area contributed by atoms with E-state index in [4.69, 9.17) is 0 Å². The van der Waals surface area contributed by atoms with Crippen LogP contribution in [0.15, 0.2) is 79.1 Å². The third-order valence-corrected chi connectivity index (χ3v) is 4.73. The monoisotopic (exact) mass is 422 g/mol. The first-order valence-electron chi connectivity index (χ1n) is 9.40. The number of halogens is 3. The van der Waals surface area contributed by atoms with Crippen LogP contribution in [-0.4, -0.2) is 16.4 Å². The molecule has 4 aromatic rings. The van der Waals surface area contributed by atoms with E-state index in [1.54, 1.807) is 24.5 Å². The highest BCUT2D eigenvalue weighted by atomic mass is 19.4. The number of carbonyl (C=O) groups excluding carboxylic acids is 1. The average molecular weight is 422 g/mol. The number of carbonyl (C=O) groups is 1. The Labute approximate surface area is 176 Å². The number of fused-ring (bicyclic) bond motifs is 1. The first-order valence-corrected chi connectivity index (χ1v) is 9.40. The molecule has 4 rings (SSSR count). The predicted octanol–water partition coefficient (Wildman–Crippen LogP) is 5.56. The Hall–Kier alpha value is -3.94. The summed E-state index contributed by atoms with van der Waals surface area (Å²) in [5.74, 6) is 0.373. The van der Waals surface area contributed by atoms with Crippen molar-refractivity contribution in [1.29, 1.82) is 0 Å². The highest BCUT2D eigenvalue weighted by Gasteiger charge is 2.31. The summed E-state index contributed by atoms with van der Waals surface area (Å²) in [6.07, 6.45) is -0.765. The Kier molecular flexibility index (Phi) is 5.53. The van der Waals surface area contributed by atoms with E-state index in [0.717, 1.165) is 33.5 Å². The van der Waals surface area contributed by atoms with Crippen molar-refractivity contribution in [3.63, 3.8) is 0 Å². The number of benzene rings is 2. The summed E-state index contributed by atoms with van der Waals surface area (Å²) in [6.45, 7) is 0.407. The lowest BCUT2D eigenvalue weighted by Gasteiger charge is -2.21. The molecule has 1 N–H and O–H groups in total. The fraction of sp³-hybridized carbons (Fsp3) is 0.0870. The van der Waals surface area contributed by atoms with Crippen molar-refractivity contribution in [2.75, 3.05) is 10.2 Å². The molecule has 5 nitrogen and oxygen atoms in total. The minimum Gasteiger partial charge on any atom is -0.364 e. The molecule has 8 heteroatoms. The van der Waals surface area contributed by atoms with Crippen LogP contribution in [0.4, 0.5) is 30.4 Å². The molecule has 1 amide bonds. The minimum absolute atomic E-state index is 0.0951. The number of anilines is 3. The van der Waals surface area contributed by atoms with E-state index in [1.165, 1.54) is 12.1 Å². The van der Waals surface area contributed by atoms with Gasteiger partial charge < -0.3 is 5.32 Å². The van der Waals surface area contributed by atoms with Crippen molar-refractivity contribution in [2.24, 2.45) is 0 Å². The predicted molar refractivity (Wildman–Crippen MR) is 113 cm³/mol. The molecule has 2 aromatic carbocycles. The number of alkyl halides is 3. The molecule has 0 radical (unpaired) electrons. The van der Waals surface area contributed by atoms with E-state index in [-0.39, 0.29) is 5.69 Å². The Bertz CT molecular complexity index is 1230. The molecule has 0 saturated carbocycles. The quantitative estimate of drug-likeness (QED) is 0.414. The van der Waals surface area contributed by atoms with Gasteiger partial charge in [-0.15, -0.1) is 0 Å². The molecule has 2 heterocycles. The van der Waals surface area contributed by atoms with Gasteiger partial charge in [0.1, 0.15) is 0 Å². The SMILES string of the molecule is O=CN(c1cccc(C(F)(F)F)c1)c1cccnc1NCc1ccc2ncccc2c1. The summed E-state index contributed by atoms with van der Waals surface area (Å²) < 4.78 is 39.3. The van der Waals surface area contributed by atoms with E-state index >= 15 is 0 Å². The maximum absolute atomic E-state index is 13.1. The summed E-state index contributed by atoms with van der Waals surface area (Å²) in [4.78, 5) is 21.5. The van der Waals surface area contributed by atoms with E-state index < -0.39 is 11.7 Å². The number of amides is 1. The number of hydrogen-bond donors (Lipinski definition) is 1. The van der Waals surface area contributed by atoms with Crippen LogP contribution in [-0.2, 0) is 17.5 Å². The van der Waals surface area contributed by atoms with Gasteiger partial charge in [0.05, 0.1) is 16.8 Å². The molecule has 0 fully saturated rings. The fourth-order valence-electron chi connectivity index (χ4n) is 3.24. The van der Waals surface area contributed by atoms with Gasteiger partial charge in [-0.1, -0.05) is 18.2 Å². The topological polar surface area (TPSA) is 58.1 Å². The number of hydrogen-bond acceptors (Lipinski definition) is 4. The zero-order chi connectivity index (χ0) is 21.8. The van der Waals surface area contributed by atoms with Gasteiger partial charge >= 0.3 is 6.18 Å². The molecule has 0 saturated heterocycles. The van der Waals surface area contributed by atoms with Crippen molar-refractivity contribution in [1.82, 2.24) is 9.97 Å². The van der Waals surface area contributed by atoms with Crippen molar-refractivity contribution < 1.29 is 18.0 Å². The third-order valence-electron chi connectivity index (χ3n) is 4.73. The smallest absolute Gasteiger partial charge is 0.364 e. The number of aromatic nitrogens is 2. The van der Waals surface area contributed by atoms with Crippen LogP contribution in [0.25, 0.3) is 10.9 Å². The molecule has 0 spiro atoms. The molecular formula is C23H17F3N4O. The van der Waals surface area contributed by atoms with Crippen LogP contribution in [0, 0.1) is 0 Å². The number of nitrogens with zero attached hydrogens (tertiary/aromatic N) is 3. The Morgan fingerprint density at radius 3 is 2.55 bits per heavy atom. The molecule has 156 valence electrons. The van der Waals surface area contributed by atoms with Crippen LogP contribution in [0.5, 0.6) is 0 Å². The highest BCUT2D eigenvalue weighted by Crippen LogP contribution is 2.35. The summed E-state index contributed by atoms with van der Waals surface area (Å²) in [6, 6.07) is 17.5. The molecule has 31 heavy (non-hydrogen) atoms. The molecule has 0 aliphatic rings. The second-order valence-electron chi connectivity index (χ2n) is 6.78. The minimum atomic E-state index is -4.51. The number of pyridine rings is 2. The normalized spacial score (nSPS) is 11.3. The zero-order valence-corrected chi connectivity index (χ0v) is 16.2. The molecular weight excluding hydrogens is 405 g/mol. The maximum atomic E-state index is 13.1. The summed E-state index contributed by atoms with van der Waals surface area (Å²) in [7, 11) is 0. The van der Waals surface area contributed by atoms with Crippen LogP contribution in [0.2, 0.25) is 0 Å². The molecule has 0 aliphatic heterocycles. The van der Waals surface area contributed by atoms with E-state index in [0.29, 0.717) is 24.5 Å². The third kappa shape index (κ3) is 4.48. The van der Waals surface area contributed by atoms with Crippen molar-refractivity contribution in [3.05, 3.63) is 90.3 Å². The molecule has 0 aliphatic carbocycles. The number of nitrogens with one attached hydrogen (secondary N) is 1. The first kappa shape index (κ1) is 20.3. The van der Waals surface area contributed by atoms with Crippen LogP contribution in [0.1, 0.15) is 11.1 Å². The lowest BCUT2D eigenvalue weighted by molar-refractivity contribution is -0.137. The lowest BCUT2D eigenvalue weighted by atomic mass is 10.1. The van der Waals surface area contributed by atoms with Gasteiger partial charge in [-0.3, -0.25) is 14.7 Å². The van der Waals surface area contributed by atoms with E-state index in [9.17, 15) is 18.0 Å². The largest absolute Gasteiger partial charge is 0.416 e. The fourth-order valence-corrected chi connectivity index (χ4v) is 3.24. The summed E-state index contributed by atoms with van der Waals surface area (Å²) in [5, 5.41) is 4.16. The van der Waals surface area contributed by atoms with Gasteiger partial charge in [0.25, 0.3) is 0 Å². The summed E-state index contributed by atoms with van der Waals surface area (Å²) >= 11 is 0. The Balaban J connectivity index is 1.62. The molecule has 2 aromatic heterocycles. The van der Waals surface area contributed by atoms with Gasteiger partial charge in [0.2, 0.25) is 6.41 Å². The second kappa shape index (κ2) is 8.43. The Morgan fingerprint density at radius 1 is 0.935 bits per heavy atom. The molecule has 0 bridgehead atoms. The van der Waals surface area contributed by atoms with E-state index in [2.05, 4.69) is 15.3 Å². The van der Waals surface area contributed by atoms with Gasteiger partial charge in [-0.05, 0) is 54.1 Å². The van der Waals surface area contributed by atoms with Crippen molar-refractivity contribution >= 4 is 34.5 Å². The maximum Gasteiger partial charge on any atom is 0.416 e.